The minimum atomic E-state index is -0.340. The van der Waals surface area contributed by atoms with Gasteiger partial charge in [-0.25, -0.2) is 14.4 Å². The highest BCUT2D eigenvalue weighted by atomic mass is 79.9. The van der Waals surface area contributed by atoms with Crippen molar-refractivity contribution in [1.82, 2.24) is 9.97 Å². The third kappa shape index (κ3) is 2.59. The molecule has 7 heteroatoms. The number of benzene rings is 1. The fraction of sp³-hybridized carbons (Fsp3) is 0.312. The van der Waals surface area contributed by atoms with Gasteiger partial charge in [-0.2, -0.15) is 0 Å². The van der Waals surface area contributed by atoms with Crippen LogP contribution in [0, 0.1) is 11.2 Å². The number of Topliss-reactive ketones (excluding diaryl/α,β-unsaturated/α-hetero) is 1. The zero-order chi connectivity index (χ0) is 16.0. The van der Waals surface area contributed by atoms with E-state index in [1.165, 1.54) is 18.5 Å². The predicted octanol–water partition coefficient (Wildman–Crippen LogP) is 3.34. The molecule has 0 unspecified atom stereocenters. The van der Waals surface area contributed by atoms with E-state index in [1.807, 2.05) is 0 Å². The zero-order valence-electron chi connectivity index (χ0n) is 12.1. The van der Waals surface area contributed by atoms with Crippen LogP contribution in [0.1, 0.15) is 12.8 Å². The van der Waals surface area contributed by atoms with E-state index in [0.29, 0.717) is 40.4 Å². The molecule has 0 amide bonds. The van der Waals surface area contributed by atoms with Crippen molar-refractivity contribution in [2.75, 3.05) is 18.0 Å². The molecule has 0 atom stereocenters. The van der Waals surface area contributed by atoms with Crippen LogP contribution in [0.25, 0.3) is 0 Å². The molecule has 2 aliphatic rings. The average molecular weight is 378 g/mol. The molecule has 1 saturated heterocycles. The second-order valence-corrected chi connectivity index (χ2v) is 6.99. The Hall–Kier alpha value is -2.02. The van der Waals surface area contributed by atoms with Crippen LogP contribution in [0.15, 0.2) is 35.2 Å². The molecule has 2 fully saturated rings. The summed E-state index contributed by atoms with van der Waals surface area (Å²) in [4.78, 5) is 21.6. The van der Waals surface area contributed by atoms with Crippen LogP contribution in [0.2, 0.25) is 0 Å². The van der Waals surface area contributed by atoms with Gasteiger partial charge in [-0.3, -0.25) is 4.79 Å². The van der Waals surface area contributed by atoms with Crippen LogP contribution in [-0.4, -0.2) is 28.8 Å². The molecule has 118 valence electrons. The molecule has 4 rings (SSSR count). The van der Waals surface area contributed by atoms with E-state index in [2.05, 4.69) is 30.8 Å². The molecule has 1 aromatic heterocycles. The number of nitrogens with zero attached hydrogens (tertiary/aromatic N) is 3. The monoisotopic (exact) mass is 377 g/mol. The first-order chi connectivity index (χ1) is 11.0. The number of ether oxygens (including phenoxy) is 1. The normalized spacial score (nSPS) is 18.5. The van der Waals surface area contributed by atoms with Gasteiger partial charge in [-0.15, -0.1) is 0 Å². The topological polar surface area (TPSA) is 55.3 Å². The molecule has 1 spiro atoms. The van der Waals surface area contributed by atoms with Gasteiger partial charge in [0.15, 0.2) is 11.6 Å². The van der Waals surface area contributed by atoms with E-state index < -0.39 is 0 Å². The van der Waals surface area contributed by atoms with E-state index in [4.69, 9.17) is 4.74 Å². The summed E-state index contributed by atoms with van der Waals surface area (Å²) in [5, 5.41) is 0. The molecule has 1 aromatic carbocycles. The van der Waals surface area contributed by atoms with Gasteiger partial charge in [0.1, 0.15) is 23.7 Å². The van der Waals surface area contributed by atoms with Gasteiger partial charge in [0, 0.05) is 31.3 Å². The second kappa shape index (κ2) is 5.26. The summed E-state index contributed by atoms with van der Waals surface area (Å²) in [6.45, 7) is 1.60. The van der Waals surface area contributed by atoms with Gasteiger partial charge < -0.3 is 9.64 Å². The molecule has 0 bridgehead atoms. The Kier molecular flexibility index (Phi) is 3.33. The Morgan fingerprint density at radius 1 is 1.26 bits per heavy atom. The highest BCUT2D eigenvalue weighted by Gasteiger charge is 2.52. The Morgan fingerprint density at radius 2 is 2.04 bits per heavy atom. The molecule has 5 nitrogen and oxygen atoms in total. The number of hydrogen-bond acceptors (Lipinski definition) is 5. The molecule has 0 radical (unpaired) electrons. The van der Waals surface area contributed by atoms with Gasteiger partial charge in [0.25, 0.3) is 0 Å². The summed E-state index contributed by atoms with van der Waals surface area (Å²) in [5.74, 6) is 1.70. The summed E-state index contributed by atoms with van der Waals surface area (Å²) in [6, 6.07) is 4.23. The fourth-order valence-corrected chi connectivity index (χ4v) is 3.65. The van der Waals surface area contributed by atoms with Crippen LogP contribution in [0.4, 0.5) is 10.2 Å². The molecule has 2 heterocycles. The van der Waals surface area contributed by atoms with Crippen molar-refractivity contribution in [2.24, 2.45) is 5.41 Å². The van der Waals surface area contributed by atoms with Crippen molar-refractivity contribution in [3.63, 3.8) is 0 Å². The van der Waals surface area contributed by atoms with E-state index in [9.17, 15) is 9.18 Å². The van der Waals surface area contributed by atoms with Crippen LogP contribution >= 0.6 is 15.9 Å². The van der Waals surface area contributed by atoms with Gasteiger partial charge >= 0.3 is 0 Å². The Bertz CT molecular complexity index is 783. The lowest BCUT2D eigenvalue weighted by atomic mass is 9.63. The van der Waals surface area contributed by atoms with Crippen molar-refractivity contribution in [2.45, 2.75) is 12.8 Å². The number of anilines is 1. The lowest BCUT2D eigenvalue weighted by molar-refractivity contribution is -0.134. The van der Waals surface area contributed by atoms with Gasteiger partial charge in [-0.1, -0.05) is 0 Å². The van der Waals surface area contributed by atoms with Crippen molar-refractivity contribution < 1.29 is 13.9 Å². The smallest absolute Gasteiger partial charge is 0.188 e. The number of rotatable bonds is 3. The van der Waals surface area contributed by atoms with Gasteiger partial charge in [-0.05, 0) is 34.1 Å². The maximum absolute atomic E-state index is 13.2. The lowest BCUT2D eigenvalue weighted by Gasteiger charge is -2.55. The number of aromatic nitrogens is 2. The zero-order valence-corrected chi connectivity index (χ0v) is 13.7. The highest BCUT2D eigenvalue weighted by molar-refractivity contribution is 9.10. The third-order valence-corrected chi connectivity index (χ3v) is 4.89. The third-order valence-electron chi connectivity index (χ3n) is 4.27. The molecule has 1 aliphatic carbocycles. The van der Waals surface area contributed by atoms with Crippen molar-refractivity contribution in [1.29, 1.82) is 0 Å². The van der Waals surface area contributed by atoms with E-state index in [1.54, 1.807) is 12.3 Å². The Labute approximate surface area is 140 Å². The van der Waals surface area contributed by atoms with Crippen molar-refractivity contribution in [3.8, 4) is 11.5 Å². The van der Waals surface area contributed by atoms with E-state index in [-0.39, 0.29) is 11.2 Å². The van der Waals surface area contributed by atoms with Gasteiger partial charge in [0.05, 0.1) is 10.7 Å². The average Bonchev–Trinajstić information content (AvgIpc) is 2.45. The first-order valence-corrected chi connectivity index (χ1v) is 8.04. The minimum Gasteiger partial charge on any atom is -0.451 e. The van der Waals surface area contributed by atoms with Crippen molar-refractivity contribution in [3.05, 3.63) is 41.0 Å². The quantitative estimate of drug-likeness (QED) is 0.820. The fourth-order valence-electron chi connectivity index (χ4n) is 3.22. The van der Waals surface area contributed by atoms with Crippen LogP contribution in [-0.2, 0) is 4.79 Å². The number of hydrogen-bond donors (Lipinski definition) is 0. The molecule has 0 N–H and O–H groups in total. The minimum absolute atomic E-state index is 0.135. The number of carbonyl (C=O) groups excluding carboxylic acids is 1. The predicted molar refractivity (Wildman–Crippen MR) is 85.1 cm³/mol. The number of halogens is 2. The Morgan fingerprint density at radius 3 is 2.74 bits per heavy atom. The molecule has 2 aromatic rings. The lowest BCUT2D eigenvalue weighted by Crippen LogP contribution is -2.63. The van der Waals surface area contributed by atoms with Gasteiger partial charge in [0.2, 0.25) is 0 Å². The summed E-state index contributed by atoms with van der Waals surface area (Å²) >= 11 is 3.29. The Balaban J connectivity index is 1.55. The maximum atomic E-state index is 13.2. The first kappa shape index (κ1) is 14.6. The molecule has 23 heavy (non-hydrogen) atoms. The summed E-state index contributed by atoms with van der Waals surface area (Å²) in [5.41, 5.74) is 0.135. The van der Waals surface area contributed by atoms with Crippen LogP contribution < -0.4 is 9.64 Å². The maximum Gasteiger partial charge on any atom is 0.188 e. The second-order valence-electron chi connectivity index (χ2n) is 6.14. The summed E-state index contributed by atoms with van der Waals surface area (Å²) in [6.07, 6.45) is 4.39. The van der Waals surface area contributed by atoms with Crippen LogP contribution in [0.3, 0.4) is 0 Å². The first-order valence-electron chi connectivity index (χ1n) is 7.24. The standard InChI is InChI=1S/C16H13BrFN3O2/c17-12-3-10(18)1-2-13(12)23-14-6-19-9-20-15(14)21-7-16(8-21)4-11(22)5-16/h1-3,6,9H,4-5,7-8H2. The highest BCUT2D eigenvalue weighted by Crippen LogP contribution is 2.48. The molecular weight excluding hydrogens is 365 g/mol. The van der Waals surface area contributed by atoms with E-state index in [0.717, 1.165) is 13.1 Å². The van der Waals surface area contributed by atoms with Crippen molar-refractivity contribution >= 4 is 27.5 Å². The number of carbonyl (C=O) groups is 1. The number of ketones is 1. The summed E-state index contributed by atoms with van der Waals surface area (Å²) in [7, 11) is 0. The summed E-state index contributed by atoms with van der Waals surface area (Å²) < 4.78 is 19.5. The SMILES string of the molecule is O=C1CC2(C1)CN(c1ncncc1Oc1ccc(F)cc1Br)C2. The largest absolute Gasteiger partial charge is 0.451 e. The van der Waals surface area contributed by atoms with Crippen LogP contribution in [0.5, 0.6) is 11.5 Å². The molecule has 1 saturated carbocycles. The molecular formula is C16H13BrFN3O2. The molecule has 1 aliphatic heterocycles. The van der Waals surface area contributed by atoms with E-state index >= 15 is 0 Å².